The van der Waals surface area contributed by atoms with E-state index in [1.54, 1.807) is 4.90 Å². The Hall–Kier alpha value is -1.01. The van der Waals surface area contributed by atoms with Gasteiger partial charge in [-0.3, -0.25) is 9.59 Å². The van der Waals surface area contributed by atoms with Crippen molar-refractivity contribution in [1.29, 1.82) is 0 Å². The molecule has 0 heterocycles. The van der Waals surface area contributed by atoms with Crippen LogP contribution in [0.4, 0.5) is 0 Å². The van der Waals surface area contributed by atoms with E-state index in [0.29, 0.717) is 24.8 Å². The minimum atomic E-state index is -0.290. The summed E-state index contributed by atoms with van der Waals surface area (Å²) in [6.45, 7) is 5.17. The topological polar surface area (TPSA) is 46.6 Å². The van der Waals surface area contributed by atoms with Gasteiger partial charge >= 0.3 is 5.97 Å². The fraction of sp³-hybridized carbons (Fsp3) is 0.500. The van der Waals surface area contributed by atoms with Gasteiger partial charge in [0.15, 0.2) is 0 Å². The maximum Gasteiger partial charge on any atom is 0.307 e. The average Bonchev–Trinajstić information content (AvgIpc) is 2.49. The molecule has 0 unspecified atom stereocenters. The Morgan fingerprint density at radius 2 is 1.91 bits per heavy atom. The maximum absolute atomic E-state index is 12.4. The molecule has 1 aromatic carbocycles. The second-order valence-corrected chi connectivity index (χ2v) is 7.27. The summed E-state index contributed by atoms with van der Waals surface area (Å²) >= 11 is 4.89. The number of nitrogens with zero attached hydrogens (tertiary/aromatic N) is 1. The highest BCUT2D eigenvalue weighted by atomic mass is 79.9. The first kappa shape index (κ1) is 19.0. The first-order valence-corrected chi connectivity index (χ1v) is 8.93. The minimum absolute atomic E-state index is 0.0468. The van der Waals surface area contributed by atoms with Crippen LogP contribution in [0.1, 0.15) is 20.3 Å². The summed E-state index contributed by atoms with van der Waals surface area (Å²) in [6, 6.07) is 7.86. The third-order valence-corrected chi connectivity index (χ3v) is 4.45. The molecule has 0 radical (unpaired) electrons. The number of rotatable bonds is 8. The fourth-order valence-corrected chi connectivity index (χ4v) is 2.92. The molecule has 1 rings (SSSR count). The smallest absolute Gasteiger partial charge is 0.307 e. The quantitative estimate of drug-likeness (QED) is 0.505. The Labute approximate surface area is 144 Å². The third kappa shape index (κ3) is 7.31. The van der Waals surface area contributed by atoms with Crippen LogP contribution in [0.15, 0.2) is 33.6 Å². The molecular weight excluding hydrogens is 366 g/mol. The van der Waals surface area contributed by atoms with Crippen molar-refractivity contribution >= 4 is 39.6 Å². The van der Waals surface area contributed by atoms with Gasteiger partial charge < -0.3 is 9.64 Å². The number of halogens is 1. The third-order valence-electron chi connectivity index (χ3n) is 2.93. The summed E-state index contributed by atoms with van der Waals surface area (Å²) in [5.74, 6) is 0.488. The summed E-state index contributed by atoms with van der Waals surface area (Å²) in [6.07, 6.45) is 0.234. The molecule has 4 nitrogen and oxygen atoms in total. The van der Waals surface area contributed by atoms with Crippen LogP contribution in [-0.4, -0.2) is 42.7 Å². The van der Waals surface area contributed by atoms with Crippen molar-refractivity contribution in [3.8, 4) is 0 Å². The Balaban J connectivity index is 2.54. The maximum atomic E-state index is 12.4. The van der Waals surface area contributed by atoms with Gasteiger partial charge in [0, 0.05) is 22.5 Å². The number of hydrogen-bond donors (Lipinski definition) is 0. The van der Waals surface area contributed by atoms with Gasteiger partial charge in [0.05, 0.1) is 19.3 Å². The highest BCUT2D eigenvalue weighted by Gasteiger charge is 2.16. The van der Waals surface area contributed by atoms with Crippen LogP contribution in [-0.2, 0) is 14.3 Å². The zero-order valence-electron chi connectivity index (χ0n) is 13.2. The van der Waals surface area contributed by atoms with Crippen molar-refractivity contribution < 1.29 is 14.3 Å². The van der Waals surface area contributed by atoms with Gasteiger partial charge in [-0.1, -0.05) is 29.8 Å². The lowest BCUT2D eigenvalue weighted by Crippen LogP contribution is -2.37. The fourth-order valence-electron chi connectivity index (χ4n) is 1.85. The van der Waals surface area contributed by atoms with Crippen LogP contribution in [0, 0.1) is 5.92 Å². The molecule has 22 heavy (non-hydrogen) atoms. The van der Waals surface area contributed by atoms with Gasteiger partial charge in [-0.2, -0.15) is 0 Å². The second kappa shape index (κ2) is 9.90. The van der Waals surface area contributed by atoms with Crippen molar-refractivity contribution in [3.05, 3.63) is 28.7 Å². The largest absolute Gasteiger partial charge is 0.469 e. The second-order valence-electron chi connectivity index (χ2n) is 5.30. The highest BCUT2D eigenvalue weighted by molar-refractivity contribution is 9.10. The molecule has 0 fully saturated rings. The first-order chi connectivity index (χ1) is 10.4. The molecule has 0 aliphatic rings. The van der Waals surface area contributed by atoms with Gasteiger partial charge in [-0.05, 0) is 30.2 Å². The van der Waals surface area contributed by atoms with E-state index in [1.807, 2.05) is 24.3 Å². The molecule has 1 amide bonds. The average molecular weight is 388 g/mol. The Kier molecular flexibility index (Phi) is 8.56. The lowest BCUT2D eigenvalue weighted by Gasteiger charge is -2.24. The molecule has 122 valence electrons. The normalized spacial score (nSPS) is 10.6. The van der Waals surface area contributed by atoms with Crippen LogP contribution in [0.25, 0.3) is 0 Å². The standard InChI is InChI=1S/C16H22BrNO3S/c1-12(2)10-18(9-8-16(20)21-3)15(19)11-22-14-6-4-13(17)5-7-14/h4-7,12H,8-11H2,1-3H3. The van der Waals surface area contributed by atoms with Gasteiger partial charge in [-0.15, -0.1) is 11.8 Å². The Morgan fingerprint density at radius 1 is 1.27 bits per heavy atom. The predicted octanol–water partition coefficient (Wildman–Crippen LogP) is 3.59. The van der Waals surface area contributed by atoms with Crippen molar-refractivity contribution in [1.82, 2.24) is 4.90 Å². The van der Waals surface area contributed by atoms with Crippen LogP contribution in [0.5, 0.6) is 0 Å². The lowest BCUT2D eigenvalue weighted by molar-refractivity contribution is -0.141. The van der Waals surface area contributed by atoms with E-state index in [9.17, 15) is 9.59 Å². The summed E-state index contributed by atoms with van der Waals surface area (Å²) in [5, 5.41) is 0. The summed E-state index contributed by atoms with van der Waals surface area (Å²) < 4.78 is 5.66. The Morgan fingerprint density at radius 3 is 2.45 bits per heavy atom. The molecule has 0 bridgehead atoms. The number of amides is 1. The number of hydrogen-bond acceptors (Lipinski definition) is 4. The molecular formula is C16H22BrNO3S. The Bertz CT molecular complexity index is 491. The van der Waals surface area contributed by atoms with Crippen molar-refractivity contribution in [2.24, 2.45) is 5.92 Å². The van der Waals surface area contributed by atoms with E-state index in [2.05, 4.69) is 34.5 Å². The van der Waals surface area contributed by atoms with E-state index in [0.717, 1.165) is 9.37 Å². The number of thioether (sulfide) groups is 1. The summed E-state index contributed by atoms with van der Waals surface area (Å²) in [4.78, 5) is 26.4. The monoisotopic (exact) mass is 387 g/mol. The number of carbonyl (C=O) groups excluding carboxylic acids is 2. The number of ether oxygens (including phenoxy) is 1. The van der Waals surface area contributed by atoms with Crippen LogP contribution < -0.4 is 0 Å². The predicted molar refractivity (Wildman–Crippen MR) is 92.9 cm³/mol. The highest BCUT2D eigenvalue weighted by Crippen LogP contribution is 2.21. The SMILES string of the molecule is COC(=O)CCN(CC(C)C)C(=O)CSc1ccc(Br)cc1. The number of carbonyl (C=O) groups is 2. The molecule has 0 aromatic heterocycles. The first-order valence-electron chi connectivity index (χ1n) is 7.15. The molecule has 1 aromatic rings. The van der Waals surface area contributed by atoms with Crippen LogP contribution in [0.3, 0.4) is 0 Å². The molecule has 0 saturated heterocycles. The number of esters is 1. The van der Waals surface area contributed by atoms with Gasteiger partial charge in [-0.25, -0.2) is 0 Å². The molecule has 0 saturated carbocycles. The molecule has 0 atom stereocenters. The minimum Gasteiger partial charge on any atom is -0.469 e. The van der Waals surface area contributed by atoms with E-state index >= 15 is 0 Å². The van der Waals surface area contributed by atoms with Gasteiger partial charge in [0.1, 0.15) is 0 Å². The number of benzene rings is 1. The number of methoxy groups -OCH3 is 1. The summed E-state index contributed by atoms with van der Waals surface area (Å²) in [7, 11) is 1.36. The molecule has 0 spiro atoms. The van der Waals surface area contributed by atoms with Crippen LogP contribution in [0.2, 0.25) is 0 Å². The van der Waals surface area contributed by atoms with E-state index in [1.165, 1.54) is 18.9 Å². The molecule has 0 N–H and O–H groups in total. The summed E-state index contributed by atoms with van der Waals surface area (Å²) in [5.41, 5.74) is 0. The van der Waals surface area contributed by atoms with Crippen molar-refractivity contribution in [2.45, 2.75) is 25.2 Å². The van der Waals surface area contributed by atoms with E-state index < -0.39 is 0 Å². The van der Waals surface area contributed by atoms with E-state index in [-0.39, 0.29) is 18.3 Å². The molecule has 6 heteroatoms. The van der Waals surface area contributed by atoms with Crippen LogP contribution >= 0.6 is 27.7 Å². The van der Waals surface area contributed by atoms with Crippen molar-refractivity contribution in [2.75, 3.05) is 26.0 Å². The van der Waals surface area contributed by atoms with Crippen molar-refractivity contribution in [3.63, 3.8) is 0 Å². The molecule has 0 aliphatic heterocycles. The lowest BCUT2D eigenvalue weighted by atomic mass is 10.2. The van der Waals surface area contributed by atoms with Gasteiger partial charge in [0.25, 0.3) is 0 Å². The van der Waals surface area contributed by atoms with Gasteiger partial charge in [0.2, 0.25) is 5.91 Å². The zero-order valence-corrected chi connectivity index (χ0v) is 15.6. The van der Waals surface area contributed by atoms with E-state index in [4.69, 9.17) is 0 Å². The molecule has 0 aliphatic carbocycles. The zero-order chi connectivity index (χ0) is 16.5.